The summed E-state index contributed by atoms with van der Waals surface area (Å²) in [4.78, 5) is 15.8. The van der Waals surface area contributed by atoms with Crippen LogP contribution in [0, 0.1) is 0 Å². The lowest BCUT2D eigenvalue weighted by molar-refractivity contribution is -0.186. The molecule has 2 heterocycles. The van der Waals surface area contributed by atoms with Gasteiger partial charge in [0.05, 0.1) is 13.2 Å². The van der Waals surface area contributed by atoms with Crippen LogP contribution in [0.2, 0.25) is 0 Å². The first-order valence-electron chi connectivity index (χ1n) is 7.78. The number of alkyl halides is 2. The van der Waals surface area contributed by atoms with E-state index in [1.54, 1.807) is 0 Å². The average Bonchev–Trinajstić information content (AvgIpc) is 2.78. The first kappa shape index (κ1) is 19.5. The van der Waals surface area contributed by atoms with Gasteiger partial charge in [-0.2, -0.15) is 8.78 Å². The van der Waals surface area contributed by atoms with Crippen molar-refractivity contribution in [3.63, 3.8) is 0 Å². The summed E-state index contributed by atoms with van der Waals surface area (Å²) >= 11 is 0. The summed E-state index contributed by atoms with van der Waals surface area (Å²) in [5.41, 5.74) is 0. The fourth-order valence-electron chi connectivity index (χ4n) is 2.33. The SMILES string of the molecule is CCCCOC(=O)NC1=NC(O)N([C@@H]2O[C@H](CO)C(O)C2(F)F)C=C1. The van der Waals surface area contributed by atoms with Crippen LogP contribution in [0.1, 0.15) is 19.8 Å². The lowest BCUT2D eigenvalue weighted by Gasteiger charge is -2.34. The highest BCUT2D eigenvalue weighted by molar-refractivity contribution is 6.02. The molecule has 1 fully saturated rings. The van der Waals surface area contributed by atoms with Crippen LogP contribution in [0.4, 0.5) is 13.6 Å². The number of aliphatic hydroxyl groups excluding tert-OH is 3. The Morgan fingerprint density at radius 1 is 1.52 bits per heavy atom. The number of aliphatic hydroxyl groups is 3. The van der Waals surface area contributed by atoms with Gasteiger partial charge in [0.15, 0.2) is 6.10 Å². The number of carbonyl (C=O) groups excluding carboxylic acids is 1. The van der Waals surface area contributed by atoms with Crippen molar-refractivity contribution in [2.75, 3.05) is 13.2 Å². The zero-order valence-corrected chi connectivity index (χ0v) is 13.5. The molecule has 1 saturated heterocycles. The minimum Gasteiger partial charge on any atom is -0.449 e. The number of hydrogen-bond acceptors (Lipinski definition) is 8. The number of alkyl carbamates (subject to hydrolysis) is 1. The van der Waals surface area contributed by atoms with Gasteiger partial charge >= 0.3 is 12.0 Å². The highest BCUT2D eigenvalue weighted by Gasteiger charge is 2.61. The topological polar surface area (TPSA) is 124 Å². The van der Waals surface area contributed by atoms with Crippen molar-refractivity contribution in [3.05, 3.63) is 12.3 Å². The number of aliphatic imine (C=N–C) groups is 1. The van der Waals surface area contributed by atoms with Gasteiger partial charge < -0.3 is 29.7 Å². The Bertz CT molecular complexity index is 545. The van der Waals surface area contributed by atoms with Gasteiger partial charge in [-0.25, -0.2) is 9.79 Å². The highest BCUT2D eigenvalue weighted by atomic mass is 19.3. The van der Waals surface area contributed by atoms with Gasteiger partial charge in [-0.3, -0.25) is 5.32 Å². The second-order valence-corrected chi connectivity index (χ2v) is 5.57. The van der Waals surface area contributed by atoms with Crippen molar-refractivity contribution in [1.29, 1.82) is 0 Å². The molecule has 0 aromatic rings. The van der Waals surface area contributed by atoms with Gasteiger partial charge in [0.2, 0.25) is 12.6 Å². The molecule has 25 heavy (non-hydrogen) atoms. The summed E-state index contributed by atoms with van der Waals surface area (Å²) in [7, 11) is 0. The summed E-state index contributed by atoms with van der Waals surface area (Å²) in [6.07, 6.45) is -4.54. The monoisotopic (exact) mass is 365 g/mol. The first-order chi connectivity index (χ1) is 11.8. The van der Waals surface area contributed by atoms with Crippen molar-refractivity contribution < 1.29 is 38.4 Å². The van der Waals surface area contributed by atoms with E-state index in [9.17, 15) is 23.8 Å². The number of halogens is 2. The molecule has 2 aliphatic heterocycles. The molecule has 11 heteroatoms. The van der Waals surface area contributed by atoms with E-state index in [2.05, 4.69) is 10.3 Å². The molecule has 0 aromatic heterocycles. The van der Waals surface area contributed by atoms with Crippen LogP contribution in [-0.4, -0.2) is 76.1 Å². The van der Waals surface area contributed by atoms with Crippen LogP contribution in [0.3, 0.4) is 0 Å². The summed E-state index contributed by atoms with van der Waals surface area (Å²) in [5, 5.41) is 30.7. The summed E-state index contributed by atoms with van der Waals surface area (Å²) in [6, 6.07) is 0. The maximum absolute atomic E-state index is 14.1. The average molecular weight is 365 g/mol. The quantitative estimate of drug-likeness (QED) is 0.495. The smallest absolute Gasteiger partial charge is 0.412 e. The van der Waals surface area contributed by atoms with Gasteiger partial charge in [0.1, 0.15) is 11.9 Å². The number of hydrogen-bond donors (Lipinski definition) is 4. The van der Waals surface area contributed by atoms with Crippen molar-refractivity contribution in [2.45, 2.75) is 50.5 Å². The minimum atomic E-state index is -3.74. The number of unbranched alkanes of at least 4 members (excludes halogenated alkanes) is 1. The molecule has 0 spiro atoms. The van der Waals surface area contributed by atoms with Gasteiger partial charge in [0.25, 0.3) is 0 Å². The lowest BCUT2D eigenvalue weighted by atomic mass is 10.1. The Morgan fingerprint density at radius 3 is 2.80 bits per heavy atom. The third-order valence-electron chi connectivity index (χ3n) is 3.72. The Morgan fingerprint density at radius 2 is 2.24 bits per heavy atom. The number of nitrogens with one attached hydrogen (secondary N) is 1. The van der Waals surface area contributed by atoms with Crippen molar-refractivity contribution in [1.82, 2.24) is 10.2 Å². The minimum absolute atomic E-state index is 0.0779. The van der Waals surface area contributed by atoms with E-state index >= 15 is 0 Å². The van der Waals surface area contributed by atoms with Gasteiger partial charge in [-0.15, -0.1) is 0 Å². The van der Waals surface area contributed by atoms with Gasteiger partial charge in [-0.05, 0) is 12.5 Å². The normalized spacial score (nSPS) is 31.0. The maximum atomic E-state index is 14.1. The van der Waals surface area contributed by atoms with Crippen LogP contribution >= 0.6 is 0 Å². The van der Waals surface area contributed by atoms with Crippen LogP contribution in [-0.2, 0) is 9.47 Å². The highest BCUT2D eigenvalue weighted by Crippen LogP contribution is 2.39. The maximum Gasteiger partial charge on any atom is 0.412 e. The van der Waals surface area contributed by atoms with Crippen molar-refractivity contribution in [3.8, 4) is 0 Å². The molecule has 4 N–H and O–H groups in total. The predicted molar refractivity (Wildman–Crippen MR) is 80.5 cm³/mol. The van der Waals surface area contributed by atoms with E-state index in [4.69, 9.17) is 14.6 Å². The molecular formula is C14H21F2N3O6. The molecule has 142 valence electrons. The standard InChI is InChI=1S/C14H21F2N3O6/c1-2-3-6-24-13(23)18-9-4-5-19(12(22)17-9)11-14(15,16)10(21)8(7-20)25-11/h4-5,8,10-12,20-22H,2-3,6-7H2,1H3,(H,17,18,23)/t8-,10?,11-,12?/m1/s1. The van der Waals surface area contributed by atoms with E-state index in [1.807, 2.05) is 6.92 Å². The van der Waals surface area contributed by atoms with Crippen LogP contribution in [0.5, 0.6) is 0 Å². The number of rotatable bonds is 5. The molecule has 0 bridgehead atoms. The summed E-state index contributed by atoms with van der Waals surface area (Å²) in [5.74, 6) is -3.82. The molecule has 4 atom stereocenters. The number of amidine groups is 1. The third kappa shape index (κ3) is 4.24. The summed E-state index contributed by atoms with van der Waals surface area (Å²) in [6.45, 7) is 1.34. The Kier molecular flexibility index (Phi) is 6.27. The molecule has 9 nitrogen and oxygen atoms in total. The number of nitrogens with zero attached hydrogens (tertiary/aromatic N) is 2. The van der Waals surface area contributed by atoms with E-state index in [-0.39, 0.29) is 12.4 Å². The van der Waals surface area contributed by atoms with E-state index in [0.717, 1.165) is 12.6 Å². The van der Waals surface area contributed by atoms with Crippen molar-refractivity contribution >= 4 is 11.9 Å². The second kappa shape index (κ2) is 8.04. The molecule has 2 rings (SSSR count). The van der Waals surface area contributed by atoms with Crippen molar-refractivity contribution in [2.24, 2.45) is 4.99 Å². The number of ether oxygens (including phenoxy) is 2. The molecule has 0 aromatic carbocycles. The fourth-order valence-corrected chi connectivity index (χ4v) is 2.33. The van der Waals surface area contributed by atoms with Crippen LogP contribution in [0.15, 0.2) is 17.3 Å². The predicted octanol–water partition coefficient (Wildman–Crippen LogP) is -0.270. The third-order valence-corrected chi connectivity index (χ3v) is 3.72. The molecule has 2 unspecified atom stereocenters. The Hall–Kier alpha value is -1.82. The van der Waals surface area contributed by atoms with Gasteiger partial charge in [-0.1, -0.05) is 13.3 Å². The summed E-state index contributed by atoms with van der Waals surface area (Å²) < 4.78 is 37.9. The van der Waals surface area contributed by atoms with E-state index in [0.29, 0.717) is 11.3 Å². The number of carbonyl (C=O) groups is 1. The van der Waals surface area contributed by atoms with Gasteiger partial charge in [0, 0.05) is 6.20 Å². The zero-order valence-electron chi connectivity index (χ0n) is 13.5. The fraction of sp³-hybridized carbons (Fsp3) is 0.714. The number of amides is 1. The Balaban J connectivity index is 1.98. The first-order valence-corrected chi connectivity index (χ1v) is 7.78. The van der Waals surface area contributed by atoms with Crippen LogP contribution in [0.25, 0.3) is 0 Å². The molecule has 0 radical (unpaired) electrons. The molecule has 2 aliphatic rings. The molecule has 0 saturated carbocycles. The molecule has 0 aliphatic carbocycles. The molecule has 1 amide bonds. The molecular weight excluding hydrogens is 344 g/mol. The van der Waals surface area contributed by atoms with E-state index in [1.165, 1.54) is 6.08 Å². The second-order valence-electron chi connectivity index (χ2n) is 5.57. The largest absolute Gasteiger partial charge is 0.449 e. The van der Waals surface area contributed by atoms with E-state index < -0.39 is 43.4 Å². The Labute approximate surface area is 142 Å². The lowest BCUT2D eigenvalue weighted by Crippen LogP contribution is -2.52. The zero-order chi connectivity index (χ0) is 18.6. The van der Waals surface area contributed by atoms with Crippen LogP contribution < -0.4 is 5.32 Å².